The number of ether oxygens (including phenoxy) is 1. The third-order valence-electron chi connectivity index (χ3n) is 4.62. The Bertz CT molecular complexity index is 1320. The first-order valence-corrected chi connectivity index (χ1v) is 9.21. The molecule has 0 aliphatic carbocycles. The highest BCUT2D eigenvalue weighted by Gasteiger charge is 2.15. The molecule has 0 atom stereocenters. The summed E-state index contributed by atoms with van der Waals surface area (Å²) in [4.78, 5) is 22.8. The number of benzene rings is 2. The van der Waals surface area contributed by atoms with E-state index < -0.39 is 10.8 Å². The number of nitro benzene ring substituents is 1. The Morgan fingerprint density at radius 1 is 1.16 bits per heavy atom. The normalized spacial score (nSPS) is 11.2. The Kier molecular flexibility index (Phi) is 5.23. The van der Waals surface area contributed by atoms with Crippen LogP contribution in [-0.4, -0.2) is 24.2 Å². The summed E-state index contributed by atoms with van der Waals surface area (Å²) in [5.41, 5.74) is 4.32. The third-order valence-corrected chi connectivity index (χ3v) is 4.62. The quantitative estimate of drug-likeness (QED) is 0.275. The number of nitrogens with one attached hydrogen (secondary N) is 1. The van der Waals surface area contributed by atoms with Gasteiger partial charge in [-0.1, -0.05) is 12.1 Å². The number of rotatable bonds is 6. The molecule has 2 heterocycles. The van der Waals surface area contributed by atoms with Gasteiger partial charge in [-0.2, -0.15) is 5.10 Å². The van der Waals surface area contributed by atoms with Crippen LogP contribution in [0, 0.1) is 17.0 Å². The van der Waals surface area contributed by atoms with E-state index in [0.29, 0.717) is 28.4 Å². The van der Waals surface area contributed by atoms with E-state index in [1.54, 1.807) is 43.3 Å². The van der Waals surface area contributed by atoms with Crippen LogP contribution in [0.5, 0.6) is 5.75 Å². The molecule has 0 radical (unpaired) electrons. The number of aryl methyl sites for hydroxylation is 1. The van der Waals surface area contributed by atoms with E-state index in [1.807, 2.05) is 6.07 Å². The number of carbonyl (C=O) groups excluding carboxylic acids is 1. The van der Waals surface area contributed by atoms with E-state index in [-0.39, 0.29) is 11.4 Å². The summed E-state index contributed by atoms with van der Waals surface area (Å²) >= 11 is 0. The average Bonchev–Trinajstić information content (AvgIpc) is 3.40. The van der Waals surface area contributed by atoms with Gasteiger partial charge >= 0.3 is 5.91 Å². The highest BCUT2D eigenvalue weighted by atomic mass is 16.6. The van der Waals surface area contributed by atoms with Gasteiger partial charge in [-0.15, -0.1) is 0 Å². The topological polar surface area (TPSA) is 120 Å². The molecular weight excluding hydrogens is 402 g/mol. The summed E-state index contributed by atoms with van der Waals surface area (Å²) in [6.45, 7) is 1.77. The first-order chi connectivity index (χ1) is 15.0. The molecule has 2 aromatic heterocycles. The zero-order valence-corrected chi connectivity index (χ0v) is 16.6. The molecule has 0 aliphatic rings. The third kappa shape index (κ3) is 4.01. The maximum absolute atomic E-state index is 12.3. The van der Waals surface area contributed by atoms with Crippen LogP contribution in [-0.2, 0) is 0 Å². The molecule has 1 amide bonds. The number of fused-ring (bicyclic) bond motifs is 1. The summed E-state index contributed by atoms with van der Waals surface area (Å²) < 4.78 is 16.5. The minimum absolute atomic E-state index is 0.0144. The smallest absolute Gasteiger partial charge is 0.307 e. The van der Waals surface area contributed by atoms with Gasteiger partial charge in [0.1, 0.15) is 11.5 Å². The SMILES string of the molecule is COc1cccc2cc(C(=O)N/N=C\c3ccc(-c4ccc([N+](=O)[O-])cc4C)o3)oc12. The van der Waals surface area contributed by atoms with Crippen LogP contribution in [0.15, 0.2) is 68.5 Å². The number of methoxy groups -OCH3 is 1. The molecule has 1 N–H and O–H groups in total. The molecule has 0 saturated heterocycles. The number of non-ortho nitro benzene ring substituents is 1. The van der Waals surface area contributed by atoms with Gasteiger partial charge in [0.2, 0.25) is 0 Å². The van der Waals surface area contributed by atoms with E-state index in [9.17, 15) is 14.9 Å². The predicted octanol–water partition coefficient (Wildman–Crippen LogP) is 4.68. The Morgan fingerprint density at radius 2 is 2.00 bits per heavy atom. The van der Waals surface area contributed by atoms with Crippen molar-refractivity contribution in [3.05, 3.63) is 81.8 Å². The summed E-state index contributed by atoms with van der Waals surface area (Å²) in [6, 6.07) is 14.9. The summed E-state index contributed by atoms with van der Waals surface area (Å²) in [7, 11) is 1.52. The van der Waals surface area contributed by atoms with Crippen molar-refractivity contribution in [2.75, 3.05) is 7.11 Å². The number of furan rings is 2. The second kappa shape index (κ2) is 8.15. The number of nitrogens with zero attached hydrogens (tertiary/aromatic N) is 2. The molecule has 2 aromatic carbocycles. The molecule has 0 fully saturated rings. The number of carbonyl (C=O) groups is 1. The van der Waals surface area contributed by atoms with E-state index in [0.717, 1.165) is 10.9 Å². The Balaban J connectivity index is 1.46. The van der Waals surface area contributed by atoms with Crippen molar-refractivity contribution in [3.63, 3.8) is 0 Å². The van der Waals surface area contributed by atoms with Crippen LogP contribution < -0.4 is 10.2 Å². The van der Waals surface area contributed by atoms with Crippen LogP contribution in [0.2, 0.25) is 0 Å². The second-order valence-corrected chi connectivity index (χ2v) is 6.65. The van der Waals surface area contributed by atoms with Crippen LogP contribution >= 0.6 is 0 Å². The lowest BCUT2D eigenvalue weighted by Gasteiger charge is -2.02. The monoisotopic (exact) mass is 419 g/mol. The van der Waals surface area contributed by atoms with Gasteiger partial charge in [0.15, 0.2) is 17.1 Å². The lowest BCUT2D eigenvalue weighted by Crippen LogP contribution is -2.16. The van der Waals surface area contributed by atoms with Crippen molar-refractivity contribution in [3.8, 4) is 17.1 Å². The van der Waals surface area contributed by atoms with Crippen molar-refractivity contribution in [1.82, 2.24) is 5.43 Å². The molecule has 156 valence electrons. The minimum atomic E-state index is -0.521. The minimum Gasteiger partial charge on any atom is -0.493 e. The van der Waals surface area contributed by atoms with Crippen LogP contribution in [0.1, 0.15) is 21.9 Å². The van der Waals surface area contributed by atoms with Gasteiger partial charge in [-0.25, -0.2) is 5.43 Å². The van der Waals surface area contributed by atoms with Crippen LogP contribution in [0.4, 0.5) is 5.69 Å². The predicted molar refractivity (Wildman–Crippen MR) is 113 cm³/mol. The molecule has 0 bridgehead atoms. The Morgan fingerprint density at radius 3 is 2.74 bits per heavy atom. The Hall–Kier alpha value is -4.40. The van der Waals surface area contributed by atoms with Gasteiger partial charge < -0.3 is 13.6 Å². The van der Waals surface area contributed by atoms with E-state index in [2.05, 4.69) is 10.5 Å². The molecule has 0 saturated carbocycles. The van der Waals surface area contributed by atoms with E-state index in [4.69, 9.17) is 13.6 Å². The van der Waals surface area contributed by atoms with Crippen molar-refractivity contribution < 1.29 is 23.3 Å². The zero-order valence-electron chi connectivity index (χ0n) is 16.6. The Labute approximate surface area is 176 Å². The van der Waals surface area contributed by atoms with E-state index in [1.165, 1.54) is 25.5 Å². The number of hydrogen-bond acceptors (Lipinski definition) is 7. The van der Waals surface area contributed by atoms with Crippen molar-refractivity contribution in [1.29, 1.82) is 0 Å². The molecule has 9 nitrogen and oxygen atoms in total. The second-order valence-electron chi connectivity index (χ2n) is 6.65. The average molecular weight is 419 g/mol. The first kappa shape index (κ1) is 19.9. The van der Waals surface area contributed by atoms with Gasteiger partial charge in [0, 0.05) is 23.1 Å². The van der Waals surface area contributed by atoms with Crippen molar-refractivity contribution in [2.45, 2.75) is 6.92 Å². The molecule has 9 heteroatoms. The molecule has 0 aliphatic heterocycles. The number of amides is 1. The van der Waals surface area contributed by atoms with Crippen LogP contribution in [0.3, 0.4) is 0 Å². The molecular formula is C22H17N3O6. The van der Waals surface area contributed by atoms with Crippen molar-refractivity contribution in [2.24, 2.45) is 5.10 Å². The van der Waals surface area contributed by atoms with Crippen molar-refractivity contribution >= 4 is 28.8 Å². The zero-order chi connectivity index (χ0) is 22.0. The lowest BCUT2D eigenvalue weighted by atomic mass is 10.1. The maximum atomic E-state index is 12.3. The fourth-order valence-corrected chi connectivity index (χ4v) is 3.12. The summed E-state index contributed by atoms with van der Waals surface area (Å²) in [5.74, 6) is 1.04. The van der Waals surface area contributed by atoms with Gasteiger partial charge in [-0.3, -0.25) is 14.9 Å². The molecule has 31 heavy (non-hydrogen) atoms. The fourth-order valence-electron chi connectivity index (χ4n) is 3.12. The summed E-state index contributed by atoms with van der Waals surface area (Å²) in [5, 5.41) is 15.5. The largest absolute Gasteiger partial charge is 0.493 e. The van der Waals surface area contributed by atoms with E-state index >= 15 is 0 Å². The van der Waals surface area contributed by atoms with Crippen LogP contribution in [0.25, 0.3) is 22.3 Å². The summed E-state index contributed by atoms with van der Waals surface area (Å²) in [6.07, 6.45) is 1.35. The maximum Gasteiger partial charge on any atom is 0.307 e. The number of nitro groups is 1. The number of hydrogen-bond donors (Lipinski definition) is 1. The molecule has 4 rings (SSSR count). The highest BCUT2D eigenvalue weighted by molar-refractivity contribution is 5.97. The highest BCUT2D eigenvalue weighted by Crippen LogP contribution is 2.29. The van der Waals surface area contributed by atoms with Gasteiger partial charge in [0.25, 0.3) is 5.69 Å². The standard InChI is InChI=1S/C22H17N3O6/c1-13-10-15(25(27)28)6-8-17(13)18-9-7-16(30-18)12-23-24-22(26)20-11-14-4-3-5-19(29-2)21(14)31-20/h3-12H,1-2H3,(H,24,26)/b23-12-. The molecule has 4 aromatic rings. The fraction of sp³-hybridized carbons (Fsp3) is 0.0909. The molecule has 0 spiro atoms. The number of para-hydroxylation sites is 1. The first-order valence-electron chi connectivity index (χ1n) is 9.21. The molecule has 0 unspecified atom stereocenters. The van der Waals surface area contributed by atoms with Gasteiger partial charge in [0.05, 0.1) is 18.2 Å². The van der Waals surface area contributed by atoms with Gasteiger partial charge in [-0.05, 0) is 42.8 Å². The number of hydrazone groups is 1. The lowest BCUT2D eigenvalue weighted by molar-refractivity contribution is -0.384.